The van der Waals surface area contributed by atoms with Gasteiger partial charge in [-0.1, -0.05) is 19.9 Å². The third kappa shape index (κ3) is 2.31. The zero-order valence-corrected chi connectivity index (χ0v) is 6.55. The summed E-state index contributed by atoms with van der Waals surface area (Å²) in [6.07, 6.45) is 2.46. The largest absolute Gasteiger partial charge is 0.382 e. The van der Waals surface area contributed by atoms with Crippen molar-refractivity contribution in [3.8, 4) is 0 Å². The Morgan fingerprint density at radius 1 is 1.80 bits per heavy atom. The molecule has 0 heterocycles. The summed E-state index contributed by atoms with van der Waals surface area (Å²) in [5.74, 6) is -0.297. The minimum absolute atomic E-state index is 0.297. The molecule has 1 N–H and O–H groups in total. The molecule has 58 valence electrons. The maximum Gasteiger partial charge on any atom is 0.186 e. The smallest absolute Gasteiger partial charge is 0.186 e. The number of carbonyl (C=O) groups is 1. The van der Waals surface area contributed by atoms with Gasteiger partial charge in [0.25, 0.3) is 0 Å². The summed E-state index contributed by atoms with van der Waals surface area (Å²) in [7, 11) is 0. The number of rotatable bonds is 4. The third-order valence-corrected chi connectivity index (χ3v) is 1.45. The predicted molar refractivity (Wildman–Crippen MR) is 40.7 cm³/mol. The molecule has 0 fully saturated rings. The van der Waals surface area contributed by atoms with Gasteiger partial charge >= 0.3 is 0 Å². The lowest BCUT2D eigenvalue weighted by Crippen LogP contribution is -2.33. The molecule has 10 heavy (non-hydrogen) atoms. The van der Waals surface area contributed by atoms with Crippen LogP contribution < -0.4 is 0 Å². The zero-order chi connectivity index (χ0) is 8.20. The van der Waals surface area contributed by atoms with Crippen molar-refractivity contribution in [2.45, 2.75) is 32.3 Å². The maximum absolute atomic E-state index is 10.9. The lowest BCUT2D eigenvalue weighted by Gasteiger charge is -2.18. The van der Waals surface area contributed by atoms with E-state index in [4.69, 9.17) is 0 Å². The van der Waals surface area contributed by atoms with Gasteiger partial charge in [0, 0.05) is 0 Å². The van der Waals surface area contributed by atoms with E-state index in [1.54, 1.807) is 0 Å². The van der Waals surface area contributed by atoms with Gasteiger partial charge in [-0.05, 0) is 19.4 Å². The molecule has 0 rings (SSSR count). The molecule has 0 aliphatic heterocycles. The fourth-order valence-electron chi connectivity index (χ4n) is 0.830. The van der Waals surface area contributed by atoms with Crippen LogP contribution in [0, 0.1) is 0 Å². The Morgan fingerprint density at radius 2 is 2.30 bits per heavy atom. The van der Waals surface area contributed by atoms with Crippen LogP contribution in [-0.2, 0) is 4.79 Å². The Balaban J connectivity index is 4.08. The van der Waals surface area contributed by atoms with Gasteiger partial charge in [-0.2, -0.15) is 0 Å². The molecule has 0 saturated heterocycles. The van der Waals surface area contributed by atoms with Crippen LogP contribution >= 0.6 is 0 Å². The van der Waals surface area contributed by atoms with Crippen molar-refractivity contribution in [1.82, 2.24) is 0 Å². The van der Waals surface area contributed by atoms with Crippen LogP contribution in [0.4, 0.5) is 0 Å². The van der Waals surface area contributed by atoms with Crippen LogP contribution in [0.3, 0.4) is 0 Å². The summed E-state index contributed by atoms with van der Waals surface area (Å²) in [5, 5.41) is 9.36. The van der Waals surface area contributed by atoms with Gasteiger partial charge in [-0.3, -0.25) is 4.79 Å². The van der Waals surface area contributed by atoms with Gasteiger partial charge in [0.2, 0.25) is 0 Å². The molecule has 0 spiro atoms. The minimum Gasteiger partial charge on any atom is -0.382 e. The van der Waals surface area contributed by atoms with Gasteiger partial charge in [-0.15, -0.1) is 0 Å². The first-order valence-corrected chi connectivity index (χ1v) is 3.44. The highest BCUT2D eigenvalue weighted by atomic mass is 16.3. The molecule has 0 aromatic carbocycles. The van der Waals surface area contributed by atoms with Crippen molar-refractivity contribution in [2.75, 3.05) is 0 Å². The van der Waals surface area contributed by atoms with E-state index >= 15 is 0 Å². The summed E-state index contributed by atoms with van der Waals surface area (Å²) in [4.78, 5) is 10.9. The Morgan fingerprint density at radius 3 is 2.60 bits per heavy atom. The van der Waals surface area contributed by atoms with Crippen LogP contribution in [0.15, 0.2) is 12.7 Å². The number of ketones is 1. The lowest BCUT2D eigenvalue weighted by atomic mass is 9.95. The predicted octanol–water partition coefficient (Wildman–Crippen LogP) is 1.29. The fraction of sp³-hybridized carbons (Fsp3) is 0.625. The molecule has 2 heteroatoms. The van der Waals surface area contributed by atoms with Crippen molar-refractivity contribution in [2.24, 2.45) is 0 Å². The van der Waals surface area contributed by atoms with Gasteiger partial charge in [-0.25, -0.2) is 0 Å². The SMILES string of the molecule is C=CC(=O)C(C)(O)CCC. The van der Waals surface area contributed by atoms with Crippen LogP contribution in [0.5, 0.6) is 0 Å². The topological polar surface area (TPSA) is 37.3 Å². The highest BCUT2D eigenvalue weighted by molar-refractivity contribution is 5.95. The maximum atomic E-state index is 10.9. The highest BCUT2D eigenvalue weighted by Gasteiger charge is 2.25. The van der Waals surface area contributed by atoms with Crippen molar-refractivity contribution in [3.05, 3.63) is 12.7 Å². The van der Waals surface area contributed by atoms with Crippen molar-refractivity contribution in [1.29, 1.82) is 0 Å². The van der Waals surface area contributed by atoms with Crippen molar-refractivity contribution >= 4 is 5.78 Å². The molecular weight excluding hydrogens is 128 g/mol. The van der Waals surface area contributed by atoms with E-state index in [1.165, 1.54) is 6.92 Å². The molecule has 0 bridgehead atoms. The van der Waals surface area contributed by atoms with Crippen molar-refractivity contribution in [3.63, 3.8) is 0 Å². The normalized spacial score (nSPS) is 15.9. The first-order chi connectivity index (χ1) is 4.54. The second kappa shape index (κ2) is 3.52. The number of hydrogen-bond donors (Lipinski definition) is 1. The number of aliphatic hydroxyl groups is 1. The Labute approximate surface area is 61.6 Å². The van der Waals surface area contributed by atoms with E-state index in [0.29, 0.717) is 6.42 Å². The number of carbonyl (C=O) groups excluding carboxylic acids is 1. The minimum atomic E-state index is -1.20. The summed E-state index contributed by atoms with van der Waals surface area (Å²) >= 11 is 0. The summed E-state index contributed by atoms with van der Waals surface area (Å²) < 4.78 is 0. The summed E-state index contributed by atoms with van der Waals surface area (Å²) in [6, 6.07) is 0. The molecule has 0 aliphatic carbocycles. The second-order valence-corrected chi connectivity index (χ2v) is 2.59. The van der Waals surface area contributed by atoms with E-state index in [0.717, 1.165) is 12.5 Å². The molecule has 0 saturated carbocycles. The van der Waals surface area contributed by atoms with Crippen LogP contribution in [0.1, 0.15) is 26.7 Å². The Hall–Kier alpha value is -0.630. The highest BCUT2D eigenvalue weighted by Crippen LogP contribution is 2.12. The van der Waals surface area contributed by atoms with E-state index < -0.39 is 5.60 Å². The van der Waals surface area contributed by atoms with Gasteiger partial charge in [0.05, 0.1) is 0 Å². The zero-order valence-electron chi connectivity index (χ0n) is 6.55. The van der Waals surface area contributed by atoms with Crippen molar-refractivity contribution < 1.29 is 9.90 Å². The molecule has 0 amide bonds. The number of hydrogen-bond acceptors (Lipinski definition) is 2. The summed E-state index contributed by atoms with van der Waals surface area (Å²) in [5.41, 5.74) is -1.20. The van der Waals surface area contributed by atoms with E-state index in [-0.39, 0.29) is 5.78 Å². The van der Waals surface area contributed by atoms with E-state index in [2.05, 4.69) is 6.58 Å². The Kier molecular flexibility index (Phi) is 3.30. The van der Waals surface area contributed by atoms with Gasteiger partial charge in [0.1, 0.15) is 5.60 Å². The molecule has 1 unspecified atom stereocenters. The molecule has 1 atom stereocenters. The molecule has 0 aromatic rings. The Bertz CT molecular complexity index is 136. The molecule has 0 radical (unpaired) electrons. The molecule has 0 aromatic heterocycles. The first-order valence-electron chi connectivity index (χ1n) is 3.44. The molecule has 0 aliphatic rings. The van der Waals surface area contributed by atoms with E-state index in [1.807, 2.05) is 6.92 Å². The molecule has 2 nitrogen and oxygen atoms in total. The van der Waals surface area contributed by atoms with Gasteiger partial charge < -0.3 is 5.11 Å². The van der Waals surface area contributed by atoms with Crippen LogP contribution in [0.2, 0.25) is 0 Å². The van der Waals surface area contributed by atoms with E-state index in [9.17, 15) is 9.90 Å². The standard InChI is InChI=1S/C8H14O2/c1-4-6-8(3,10)7(9)5-2/h5,10H,2,4,6H2,1,3H3. The second-order valence-electron chi connectivity index (χ2n) is 2.59. The quantitative estimate of drug-likeness (QED) is 0.600. The lowest BCUT2D eigenvalue weighted by molar-refractivity contribution is -0.131. The average Bonchev–Trinajstić information content (AvgIpc) is 1.86. The third-order valence-electron chi connectivity index (χ3n) is 1.45. The van der Waals surface area contributed by atoms with Crippen LogP contribution in [-0.4, -0.2) is 16.5 Å². The first kappa shape index (κ1) is 9.37. The molecular formula is C8H14O2. The summed E-state index contributed by atoms with van der Waals surface area (Å²) in [6.45, 7) is 6.74. The average molecular weight is 142 g/mol. The monoisotopic (exact) mass is 142 g/mol. The van der Waals surface area contributed by atoms with Gasteiger partial charge in [0.15, 0.2) is 5.78 Å². The fourth-order valence-corrected chi connectivity index (χ4v) is 0.830. The van der Waals surface area contributed by atoms with Crippen LogP contribution in [0.25, 0.3) is 0 Å².